The summed E-state index contributed by atoms with van der Waals surface area (Å²) in [5, 5.41) is 0. The summed E-state index contributed by atoms with van der Waals surface area (Å²) in [6, 6.07) is 3.86. The van der Waals surface area contributed by atoms with Crippen LogP contribution in [-0.2, 0) is 16.0 Å². The summed E-state index contributed by atoms with van der Waals surface area (Å²) < 4.78 is 31.8. The Kier molecular flexibility index (Phi) is 5.92. The fourth-order valence-corrected chi connectivity index (χ4v) is 1.79. The summed E-state index contributed by atoms with van der Waals surface area (Å²) in [5.41, 5.74) is 0.0841. The Bertz CT molecular complexity index is 399. The fourth-order valence-electron chi connectivity index (χ4n) is 1.79. The number of hydrogen-bond acceptors (Lipinski definition) is 2. The summed E-state index contributed by atoms with van der Waals surface area (Å²) in [7, 11) is 0. The number of Topliss-reactive ketones (excluding diaryl/α,β-unsaturated/α-hetero) is 1. The SMILES string of the molecule is CCCC(OCC)C(=O)Cc1cccc(F)c1F. The molecule has 0 aromatic heterocycles. The van der Waals surface area contributed by atoms with Crippen molar-refractivity contribution in [3.05, 3.63) is 35.4 Å². The van der Waals surface area contributed by atoms with Gasteiger partial charge in [0.1, 0.15) is 6.10 Å². The molecule has 0 saturated heterocycles. The third kappa shape index (κ3) is 3.88. The molecule has 2 nitrogen and oxygen atoms in total. The zero-order valence-corrected chi connectivity index (χ0v) is 10.7. The maximum atomic E-state index is 13.4. The van der Waals surface area contributed by atoms with Gasteiger partial charge in [0.2, 0.25) is 0 Å². The van der Waals surface area contributed by atoms with E-state index in [1.807, 2.05) is 6.92 Å². The van der Waals surface area contributed by atoms with E-state index >= 15 is 0 Å². The van der Waals surface area contributed by atoms with Crippen LogP contribution in [0.2, 0.25) is 0 Å². The maximum absolute atomic E-state index is 13.4. The molecule has 4 heteroatoms. The van der Waals surface area contributed by atoms with E-state index in [1.54, 1.807) is 6.92 Å². The van der Waals surface area contributed by atoms with Crippen molar-refractivity contribution >= 4 is 5.78 Å². The van der Waals surface area contributed by atoms with Crippen LogP contribution in [0.5, 0.6) is 0 Å². The van der Waals surface area contributed by atoms with Crippen molar-refractivity contribution in [3.63, 3.8) is 0 Å². The summed E-state index contributed by atoms with van der Waals surface area (Å²) >= 11 is 0. The van der Waals surface area contributed by atoms with Gasteiger partial charge in [0.05, 0.1) is 0 Å². The van der Waals surface area contributed by atoms with Crippen LogP contribution in [0.15, 0.2) is 18.2 Å². The predicted molar refractivity (Wildman–Crippen MR) is 65.4 cm³/mol. The van der Waals surface area contributed by atoms with Crippen molar-refractivity contribution in [1.29, 1.82) is 0 Å². The number of halogens is 2. The highest BCUT2D eigenvalue weighted by Crippen LogP contribution is 2.14. The van der Waals surface area contributed by atoms with Crippen LogP contribution < -0.4 is 0 Å². The van der Waals surface area contributed by atoms with Crippen LogP contribution >= 0.6 is 0 Å². The van der Waals surface area contributed by atoms with Gasteiger partial charge in [-0.05, 0) is 25.0 Å². The van der Waals surface area contributed by atoms with Gasteiger partial charge >= 0.3 is 0 Å². The summed E-state index contributed by atoms with van der Waals surface area (Å²) in [6.07, 6.45) is 0.752. The minimum atomic E-state index is -0.947. The van der Waals surface area contributed by atoms with Crippen LogP contribution in [0.4, 0.5) is 8.78 Å². The normalized spacial score (nSPS) is 12.4. The van der Waals surface area contributed by atoms with Gasteiger partial charge in [-0.2, -0.15) is 0 Å². The van der Waals surface area contributed by atoms with Crippen molar-refractivity contribution in [2.75, 3.05) is 6.61 Å². The maximum Gasteiger partial charge on any atom is 0.166 e. The Labute approximate surface area is 106 Å². The molecular weight excluding hydrogens is 238 g/mol. The molecule has 0 radical (unpaired) electrons. The van der Waals surface area contributed by atoms with Crippen LogP contribution in [0.25, 0.3) is 0 Å². The van der Waals surface area contributed by atoms with E-state index in [2.05, 4.69) is 0 Å². The Morgan fingerprint density at radius 1 is 1.33 bits per heavy atom. The molecular formula is C14H18F2O2. The molecule has 0 aliphatic rings. The van der Waals surface area contributed by atoms with Crippen molar-refractivity contribution in [1.82, 2.24) is 0 Å². The summed E-state index contributed by atoms with van der Waals surface area (Å²) in [6.45, 7) is 4.18. The lowest BCUT2D eigenvalue weighted by Gasteiger charge is -2.15. The van der Waals surface area contributed by atoms with Gasteiger partial charge in [0.15, 0.2) is 17.4 Å². The first-order valence-corrected chi connectivity index (χ1v) is 6.17. The zero-order chi connectivity index (χ0) is 13.5. The van der Waals surface area contributed by atoms with E-state index in [0.717, 1.165) is 12.5 Å². The topological polar surface area (TPSA) is 26.3 Å². The highest BCUT2D eigenvalue weighted by Gasteiger charge is 2.20. The summed E-state index contributed by atoms with van der Waals surface area (Å²) in [4.78, 5) is 11.9. The molecule has 0 aliphatic heterocycles. The quantitative estimate of drug-likeness (QED) is 0.748. The molecule has 1 unspecified atom stereocenters. The lowest BCUT2D eigenvalue weighted by atomic mass is 10.0. The zero-order valence-electron chi connectivity index (χ0n) is 10.7. The molecule has 1 atom stereocenters. The monoisotopic (exact) mass is 256 g/mol. The molecule has 0 bridgehead atoms. The number of hydrogen-bond donors (Lipinski definition) is 0. The van der Waals surface area contributed by atoms with Crippen molar-refractivity contribution in [2.24, 2.45) is 0 Å². The Balaban J connectivity index is 2.75. The van der Waals surface area contributed by atoms with Gasteiger partial charge in [0, 0.05) is 13.0 Å². The number of ether oxygens (including phenoxy) is 1. The van der Waals surface area contributed by atoms with E-state index in [4.69, 9.17) is 4.74 Å². The minimum Gasteiger partial charge on any atom is -0.371 e. The Morgan fingerprint density at radius 2 is 2.06 bits per heavy atom. The van der Waals surface area contributed by atoms with Gasteiger partial charge in [-0.15, -0.1) is 0 Å². The third-order valence-electron chi connectivity index (χ3n) is 2.67. The number of carbonyl (C=O) groups is 1. The molecule has 0 N–H and O–H groups in total. The molecule has 1 aromatic rings. The van der Waals surface area contributed by atoms with Gasteiger partial charge in [0.25, 0.3) is 0 Å². The van der Waals surface area contributed by atoms with Gasteiger partial charge in [-0.25, -0.2) is 8.78 Å². The van der Waals surface area contributed by atoms with E-state index in [0.29, 0.717) is 13.0 Å². The van der Waals surface area contributed by atoms with E-state index in [1.165, 1.54) is 12.1 Å². The molecule has 100 valence electrons. The second-order valence-corrected chi connectivity index (χ2v) is 4.09. The minimum absolute atomic E-state index is 0.0841. The standard InChI is InChI=1S/C14H18F2O2/c1-3-6-13(18-4-2)12(17)9-10-7-5-8-11(15)14(10)16/h5,7-8,13H,3-4,6,9H2,1-2H3. The molecule has 0 spiro atoms. The first-order valence-electron chi connectivity index (χ1n) is 6.17. The largest absolute Gasteiger partial charge is 0.371 e. The number of carbonyl (C=O) groups excluding carboxylic acids is 1. The molecule has 1 aromatic carbocycles. The lowest BCUT2D eigenvalue weighted by molar-refractivity contribution is -0.130. The average Bonchev–Trinajstić information content (AvgIpc) is 2.34. The first-order chi connectivity index (χ1) is 8.60. The van der Waals surface area contributed by atoms with Crippen molar-refractivity contribution in [2.45, 2.75) is 39.2 Å². The van der Waals surface area contributed by atoms with Crippen molar-refractivity contribution < 1.29 is 18.3 Å². The average molecular weight is 256 g/mol. The van der Waals surface area contributed by atoms with E-state index in [9.17, 15) is 13.6 Å². The number of rotatable bonds is 7. The third-order valence-corrected chi connectivity index (χ3v) is 2.67. The smallest absolute Gasteiger partial charge is 0.166 e. The number of benzene rings is 1. The van der Waals surface area contributed by atoms with Crippen LogP contribution in [-0.4, -0.2) is 18.5 Å². The molecule has 1 rings (SSSR count). The van der Waals surface area contributed by atoms with Gasteiger partial charge in [-0.3, -0.25) is 4.79 Å². The van der Waals surface area contributed by atoms with Crippen LogP contribution in [0, 0.1) is 11.6 Å². The summed E-state index contributed by atoms with van der Waals surface area (Å²) in [5.74, 6) is -2.08. The first kappa shape index (κ1) is 14.8. The lowest BCUT2D eigenvalue weighted by Crippen LogP contribution is -2.26. The van der Waals surface area contributed by atoms with Gasteiger partial charge in [-0.1, -0.05) is 25.5 Å². The number of ketones is 1. The fraction of sp³-hybridized carbons (Fsp3) is 0.500. The molecule has 0 fully saturated rings. The van der Waals surface area contributed by atoms with Crippen LogP contribution in [0.3, 0.4) is 0 Å². The second kappa shape index (κ2) is 7.21. The molecule has 0 aliphatic carbocycles. The highest BCUT2D eigenvalue weighted by molar-refractivity contribution is 5.85. The Morgan fingerprint density at radius 3 is 2.67 bits per heavy atom. The van der Waals surface area contributed by atoms with E-state index < -0.39 is 17.7 Å². The molecule has 0 heterocycles. The molecule has 18 heavy (non-hydrogen) atoms. The highest BCUT2D eigenvalue weighted by atomic mass is 19.2. The predicted octanol–water partition coefficient (Wildman–Crippen LogP) is 3.28. The van der Waals surface area contributed by atoms with Gasteiger partial charge < -0.3 is 4.74 Å². The van der Waals surface area contributed by atoms with Crippen molar-refractivity contribution in [3.8, 4) is 0 Å². The second-order valence-electron chi connectivity index (χ2n) is 4.09. The van der Waals surface area contributed by atoms with Crippen LogP contribution in [0.1, 0.15) is 32.3 Å². The molecule has 0 amide bonds. The molecule has 0 saturated carbocycles. The van der Waals surface area contributed by atoms with E-state index in [-0.39, 0.29) is 17.8 Å². The Hall–Kier alpha value is -1.29.